The van der Waals surface area contributed by atoms with Crippen molar-refractivity contribution in [3.8, 4) is 0 Å². The quantitative estimate of drug-likeness (QED) is 0.376. The predicted molar refractivity (Wildman–Crippen MR) is 137 cm³/mol. The topological polar surface area (TPSA) is 119 Å². The number of amides is 2. The fourth-order valence-electron chi connectivity index (χ4n) is 5.82. The van der Waals surface area contributed by atoms with Gasteiger partial charge in [0.25, 0.3) is 5.91 Å². The van der Waals surface area contributed by atoms with Gasteiger partial charge in [0.05, 0.1) is 40.4 Å². The van der Waals surface area contributed by atoms with Crippen molar-refractivity contribution in [3.63, 3.8) is 0 Å². The molecule has 3 N–H and O–H groups in total. The van der Waals surface area contributed by atoms with E-state index < -0.39 is 17.6 Å². The largest absolute Gasteiger partial charge is 0.417 e. The van der Waals surface area contributed by atoms with Crippen LogP contribution in [-0.4, -0.2) is 36.6 Å². The van der Waals surface area contributed by atoms with Gasteiger partial charge in [0, 0.05) is 30.1 Å². The van der Waals surface area contributed by atoms with Crippen LogP contribution in [0, 0.1) is 17.8 Å². The Balaban J connectivity index is 1.34. The van der Waals surface area contributed by atoms with E-state index in [1.807, 2.05) is 0 Å². The number of carbonyl (C=O) groups excluding carboxylic acids is 2. The van der Waals surface area contributed by atoms with Crippen molar-refractivity contribution in [1.29, 1.82) is 0 Å². The highest BCUT2D eigenvalue weighted by molar-refractivity contribution is 6.10. The Hall–Kier alpha value is -4.22. The Morgan fingerprint density at radius 2 is 1.92 bits per heavy atom. The summed E-state index contributed by atoms with van der Waals surface area (Å²) < 4.78 is 40.8. The molecule has 0 radical (unpaired) electrons. The fraction of sp³-hybridized carbons (Fsp3) is 0.370. The van der Waals surface area contributed by atoms with E-state index in [-0.39, 0.29) is 29.6 Å². The van der Waals surface area contributed by atoms with Crippen molar-refractivity contribution >= 4 is 39.4 Å². The Bertz CT molecular complexity index is 1590. The molecule has 39 heavy (non-hydrogen) atoms. The normalized spacial score (nSPS) is 20.6. The number of halogens is 3. The number of nitrogen functional groups attached to an aromatic ring is 1. The Morgan fingerprint density at radius 1 is 1.13 bits per heavy atom. The molecule has 3 heterocycles. The number of hydrogen-bond donors (Lipinski definition) is 2. The minimum Gasteiger partial charge on any atom is -0.383 e. The molecule has 1 atom stereocenters. The van der Waals surface area contributed by atoms with Crippen LogP contribution in [0.3, 0.4) is 0 Å². The number of pyridine rings is 2. The highest BCUT2D eigenvalue weighted by Crippen LogP contribution is 2.49. The predicted octanol–water partition coefficient (Wildman–Crippen LogP) is 4.23. The van der Waals surface area contributed by atoms with Crippen LogP contribution in [0.4, 0.5) is 19.0 Å². The molecule has 3 saturated carbocycles. The van der Waals surface area contributed by atoms with Gasteiger partial charge >= 0.3 is 6.18 Å². The smallest absolute Gasteiger partial charge is 0.383 e. The van der Waals surface area contributed by atoms with E-state index in [1.165, 1.54) is 6.07 Å². The van der Waals surface area contributed by atoms with Gasteiger partial charge in [-0.3, -0.25) is 24.7 Å². The molecular formula is C27H26F3N7O2. The van der Waals surface area contributed by atoms with Crippen molar-refractivity contribution in [1.82, 2.24) is 30.2 Å². The Morgan fingerprint density at radius 3 is 2.59 bits per heavy atom. The van der Waals surface area contributed by atoms with E-state index in [4.69, 9.17) is 5.73 Å². The van der Waals surface area contributed by atoms with E-state index in [0.717, 1.165) is 43.0 Å². The molecule has 12 heteroatoms. The number of nitrogens with two attached hydrogens (primary N) is 1. The molecule has 1 aromatic carbocycles. The van der Waals surface area contributed by atoms with Crippen LogP contribution in [-0.2, 0) is 24.6 Å². The molecule has 2 amide bonds. The van der Waals surface area contributed by atoms with Crippen molar-refractivity contribution in [2.75, 3.05) is 5.73 Å². The van der Waals surface area contributed by atoms with Gasteiger partial charge in [-0.15, -0.1) is 0 Å². The highest BCUT2D eigenvalue weighted by atomic mass is 19.4. The average molecular weight is 538 g/mol. The summed E-state index contributed by atoms with van der Waals surface area (Å²) in [6.45, 7) is -0.206. The molecule has 2 bridgehead atoms. The lowest BCUT2D eigenvalue weighted by Gasteiger charge is -2.46. The highest BCUT2D eigenvalue weighted by Gasteiger charge is 2.43. The number of fused-ring (bicyclic) bond motifs is 5. The van der Waals surface area contributed by atoms with Crippen LogP contribution in [0.25, 0.3) is 21.8 Å². The Labute approximate surface area is 221 Å². The van der Waals surface area contributed by atoms with E-state index in [2.05, 4.69) is 20.5 Å². The number of rotatable bonds is 4. The van der Waals surface area contributed by atoms with Crippen molar-refractivity contribution in [3.05, 3.63) is 59.5 Å². The molecule has 3 fully saturated rings. The maximum absolute atomic E-state index is 13.8. The summed E-state index contributed by atoms with van der Waals surface area (Å²) in [4.78, 5) is 35.4. The summed E-state index contributed by atoms with van der Waals surface area (Å²) in [5.74, 6) is 0.294. The monoisotopic (exact) mass is 537 g/mol. The molecule has 0 unspecified atom stereocenters. The first kappa shape index (κ1) is 25.1. The van der Waals surface area contributed by atoms with Crippen LogP contribution in [0.5, 0.6) is 0 Å². The number of alkyl halides is 3. The van der Waals surface area contributed by atoms with Gasteiger partial charge in [0.1, 0.15) is 5.82 Å². The zero-order chi connectivity index (χ0) is 27.5. The molecular weight excluding hydrogens is 511 g/mol. The van der Waals surface area contributed by atoms with Crippen LogP contribution in [0.15, 0.2) is 42.7 Å². The lowest BCUT2D eigenvalue weighted by atomic mass is 9.60. The number of aryl methyl sites for hydroxylation is 1. The van der Waals surface area contributed by atoms with Crippen LogP contribution in [0.1, 0.15) is 47.3 Å². The molecule has 3 aliphatic carbocycles. The van der Waals surface area contributed by atoms with Gasteiger partial charge in [-0.2, -0.15) is 18.3 Å². The summed E-state index contributed by atoms with van der Waals surface area (Å²) in [5.41, 5.74) is 9.69. The Kier molecular flexibility index (Phi) is 5.92. The van der Waals surface area contributed by atoms with Gasteiger partial charge in [-0.1, -0.05) is 0 Å². The molecule has 3 aromatic heterocycles. The third kappa shape index (κ3) is 4.53. The third-order valence-electron chi connectivity index (χ3n) is 7.98. The SMILES string of the molecule is Cn1ncc2c(N)nc3ccc(C(=O)N(Cc4ccc(C(F)(F)F)cn4)NC(=O)[C@@H]4CCC5CC4C5)cc3c21. The second kappa shape index (κ2) is 9.21. The van der Waals surface area contributed by atoms with Crippen LogP contribution >= 0.6 is 0 Å². The van der Waals surface area contributed by atoms with Gasteiger partial charge in [-0.25, -0.2) is 9.99 Å². The first-order valence-corrected chi connectivity index (χ1v) is 12.7. The summed E-state index contributed by atoms with van der Waals surface area (Å²) >= 11 is 0. The third-order valence-corrected chi connectivity index (χ3v) is 7.98. The maximum atomic E-state index is 13.8. The maximum Gasteiger partial charge on any atom is 0.417 e. The molecule has 0 spiro atoms. The lowest BCUT2D eigenvalue weighted by molar-refractivity contribution is -0.138. The van der Waals surface area contributed by atoms with E-state index in [1.54, 1.807) is 36.1 Å². The van der Waals surface area contributed by atoms with E-state index in [0.29, 0.717) is 39.5 Å². The minimum atomic E-state index is -4.53. The summed E-state index contributed by atoms with van der Waals surface area (Å²) in [6, 6.07) is 7.02. The second-order valence-electron chi connectivity index (χ2n) is 10.4. The average Bonchev–Trinajstić information content (AvgIpc) is 3.29. The molecule has 7 rings (SSSR count). The number of aromatic nitrogens is 4. The zero-order valence-electron chi connectivity index (χ0n) is 21.1. The van der Waals surface area contributed by atoms with E-state index >= 15 is 0 Å². The molecule has 4 aromatic rings. The summed E-state index contributed by atoms with van der Waals surface area (Å²) in [5, 5.41) is 6.68. The van der Waals surface area contributed by atoms with Crippen molar-refractivity contribution in [2.24, 2.45) is 24.8 Å². The fourth-order valence-corrected chi connectivity index (χ4v) is 5.82. The standard InChI is InChI=1S/C27H26F3N7O2/c1-36-23-20-10-15(3-7-22(20)34-24(31)21(23)12-33-36)26(39)37(13-18-5-4-17(11-32-18)27(28,29)30)35-25(38)19-6-2-14-8-16(19)9-14/h3-5,7,10-12,14,16,19H,2,6,8-9,13H2,1H3,(H2,31,34)(H,35,38)/t14?,16?,19-/m1/s1. The lowest BCUT2D eigenvalue weighted by Crippen LogP contribution is -2.51. The van der Waals surface area contributed by atoms with E-state index in [9.17, 15) is 22.8 Å². The number of hydrogen-bond acceptors (Lipinski definition) is 6. The van der Waals surface area contributed by atoms with Gasteiger partial charge in [0.2, 0.25) is 5.91 Å². The minimum absolute atomic E-state index is 0.202. The molecule has 0 aliphatic heterocycles. The number of anilines is 1. The molecule has 9 nitrogen and oxygen atoms in total. The number of nitrogens with one attached hydrogen (secondary N) is 1. The van der Waals surface area contributed by atoms with Gasteiger partial charge < -0.3 is 5.73 Å². The number of nitrogens with zero attached hydrogens (tertiary/aromatic N) is 5. The van der Waals surface area contributed by atoms with Gasteiger partial charge in [0.15, 0.2) is 0 Å². The number of carbonyl (C=O) groups is 2. The number of hydrazine groups is 1. The summed E-state index contributed by atoms with van der Waals surface area (Å²) in [7, 11) is 1.76. The molecule has 0 saturated heterocycles. The first-order valence-electron chi connectivity index (χ1n) is 12.7. The van der Waals surface area contributed by atoms with Crippen molar-refractivity contribution < 1.29 is 22.8 Å². The van der Waals surface area contributed by atoms with Crippen LogP contribution in [0.2, 0.25) is 0 Å². The number of benzene rings is 1. The zero-order valence-corrected chi connectivity index (χ0v) is 21.1. The summed E-state index contributed by atoms with van der Waals surface area (Å²) in [6.07, 6.45) is 1.54. The van der Waals surface area contributed by atoms with Gasteiger partial charge in [-0.05, 0) is 67.9 Å². The molecule has 202 valence electrons. The second-order valence-corrected chi connectivity index (χ2v) is 10.4. The van der Waals surface area contributed by atoms with Crippen molar-refractivity contribution in [2.45, 2.75) is 38.4 Å². The first-order chi connectivity index (χ1) is 18.6. The molecule has 3 aliphatic rings. The van der Waals surface area contributed by atoms with Crippen LogP contribution < -0.4 is 11.2 Å².